The molecule has 2 aromatic rings. The van der Waals surface area contributed by atoms with Crippen LogP contribution in [-0.4, -0.2) is 37.1 Å². The maximum Gasteiger partial charge on any atom is 0.329 e. The summed E-state index contributed by atoms with van der Waals surface area (Å²) < 4.78 is 1.63. The number of aromatic nitrogens is 3. The molecule has 2 heterocycles. The number of rotatable bonds is 3. The molecule has 0 aromatic carbocycles. The molecule has 0 spiro atoms. The van der Waals surface area contributed by atoms with Gasteiger partial charge < -0.3 is 10.4 Å². The van der Waals surface area contributed by atoms with Crippen molar-refractivity contribution in [1.29, 1.82) is 0 Å². The highest BCUT2D eigenvalue weighted by Crippen LogP contribution is 2.32. The zero-order valence-electron chi connectivity index (χ0n) is 12.3. The highest BCUT2D eigenvalue weighted by atomic mass is 16.4. The van der Waals surface area contributed by atoms with Gasteiger partial charge in [0.05, 0.1) is 5.56 Å². The molecule has 7 nitrogen and oxygen atoms in total. The van der Waals surface area contributed by atoms with Gasteiger partial charge in [-0.2, -0.15) is 0 Å². The zero-order chi connectivity index (χ0) is 15.7. The molecular weight excluding hydrogens is 284 g/mol. The van der Waals surface area contributed by atoms with E-state index in [9.17, 15) is 14.7 Å². The number of pyridine rings is 1. The van der Waals surface area contributed by atoms with Crippen molar-refractivity contribution in [3.8, 4) is 0 Å². The molecule has 2 aromatic heterocycles. The van der Waals surface area contributed by atoms with Gasteiger partial charge in [0, 0.05) is 6.20 Å². The van der Waals surface area contributed by atoms with Gasteiger partial charge >= 0.3 is 5.97 Å². The van der Waals surface area contributed by atoms with Crippen molar-refractivity contribution in [3.63, 3.8) is 0 Å². The van der Waals surface area contributed by atoms with Crippen LogP contribution < -0.4 is 5.32 Å². The quantitative estimate of drug-likeness (QED) is 0.895. The second kappa shape index (κ2) is 5.40. The Kier molecular flexibility index (Phi) is 3.56. The number of hydrogen-bond acceptors (Lipinski definition) is 4. The fourth-order valence-corrected chi connectivity index (χ4v) is 2.90. The highest BCUT2D eigenvalue weighted by Gasteiger charge is 2.42. The minimum absolute atomic E-state index is 0.382. The molecule has 0 saturated heterocycles. The third-order valence-electron chi connectivity index (χ3n) is 4.44. The first-order valence-electron chi connectivity index (χ1n) is 7.35. The average molecular weight is 302 g/mol. The number of amides is 1. The number of carboxylic acids is 1. The third-order valence-corrected chi connectivity index (χ3v) is 4.44. The molecule has 0 bridgehead atoms. The van der Waals surface area contributed by atoms with Crippen molar-refractivity contribution in [3.05, 3.63) is 30.2 Å². The summed E-state index contributed by atoms with van der Waals surface area (Å²) in [5.41, 5.74) is -0.131. The molecule has 116 valence electrons. The van der Waals surface area contributed by atoms with Crippen LogP contribution in [0.1, 0.15) is 43.0 Å². The average Bonchev–Trinajstić information content (AvgIpc) is 2.97. The second-order valence-electron chi connectivity index (χ2n) is 6.04. The summed E-state index contributed by atoms with van der Waals surface area (Å²) in [5, 5.41) is 19.9. The lowest BCUT2D eigenvalue weighted by Gasteiger charge is -2.36. The van der Waals surface area contributed by atoms with E-state index in [4.69, 9.17) is 0 Å². The molecule has 3 rings (SSSR count). The molecule has 22 heavy (non-hydrogen) atoms. The van der Waals surface area contributed by atoms with Crippen LogP contribution in [0.4, 0.5) is 0 Å². The molecular formula is C15H18N4O3. The van der Waals surface area contributed by atoms with E-state index in [-0.39, 0.29) is 5.91 Å². The van der Waals surface area contributed by atoms with E-state index in [1.54, 1.807) is 22.7 Å². The summed E-state index contributed by atoms with van der Waals surface area (Å²) in [5.74, 6) is -0.844. The lowest BCUT2D eigenvalue weighted by atomic mass is 9.77. The van der Waals surface area contributed by atoms with Crippen molar-refractivity contribution >= 4 is 17.5 Å². The van der Waals surface area contributed by atoms with Gasteiger partial charge in [0.15, 0.2) is 5.65 Å². The van der Waals surface area contributed by atoms with Crippen molar-refractivity contribution < 1.29 is 14.7 Å². The molecule has 0 unspecified atom stereocenters. The first-order valence-corrected chi connectivity index (χ1v) is 7.35. The van der Waals surface area contributed by atoms with Gasteiger partial charge in [0.25, 0.3) is 5.91 Å². The van der Waals surface area contributed by atoms with E-state index >= 15 is 0 Å². The Morgan fingerprint density at radius 1 is 1.36 bits per heavy atom. The maximum absolute atomic E-state index is 12.4. The standard InChI is InChI=1S/C15H18N4O3/c1-10-4-6-15(7-5-10,14(21)22)17-13(20)11-2-3-12-18-16-9-19(12)8-11/h2-3,8-10H,4-7H2,1H3,(H,17,20)(H,21,22). The van der Waals surface area contributed by atoms with Crippen LogP contribution in [0.2, 0.25) is 0 Å². The zero-order valence-corrected chi connectivity index (χ0v) is 12.3. The Bertz CT molecular complexity index is 716. The molecule has 1 aliphatic rings. The predicted octanol–water partition coefficient (Wildman–Crippen LogP) is 1.49. The Balaban J connectivity index is 1.83. The Morgan fingerprint density at radius 3 is 2.77 bits per heavy atom. The lowest BCUT2D eigenvalue weighted by Crippen LogP contribution is -2.56. The molecule has 0 atom stereocenters. The molecule has 1 fully saturated rings. The number of carbonyl (C=O) groups is 2. The van der Waals surface area contributed by atoms with Gasteiger partial charge in [0.1, 0.15) is 11.9 Å². The molecule has 1 amide bonds. The summed E-state index contributed by atoms with van der Waals surface area (Å²) >= 11 is 0. The smallest absolute Gasteiger partial charge is 0.329 e. The summed E-state index contributed by atoms with van der Waals surface area (Å²) in [6.07, 6.45) is 5.63. The summed E-state index contributed by atoms with van der Waals surface area (Å²) in [7, 11) is 0. The van der Waals surface area contributed by atoms with Crippen molar-refractivity contribution in [2.24, 2.45) is 5.92 Å². The Hall–Kier alpha value is -2.44. The maximum atomic E-state index is 12.4. The van der Waals surface area contributed by atoms with Crippen LogP contribution in [0.3, 0.4) is 0 Å². The van der Waals surface area contributed by atoms with Gasteiger partial charge in [-0.3, -0.25) is 9.20 Å². The predicted molar refractivity (Wildman–Crippen MR) is 78.5 cm³/mol. The highest BCUT2D eigenvalue weighted by molar-refractivity contribution is 5.97. The topological polar surface area (TPSA) is 96.6 Å². The first kappa shape index (κ1) is 14.5. The summed E-state index contributed by atoms with van der Waals surface area (Å²) in [6.45, 7) is 2.10. The van der Waals surface area contributed by atoms with E-state index in [1.165, 1.54) is 6.33 Å². The van der Waals surface area contributed by atoms with Crippen LogP contribution in [0.15, 0.2) is 24.7 Å². The van der Waals surface area contributed by atoms with Gasteiger partial charge in [-0.15, -0.1) is 10.2 Å². The van der Waals surface area contributed by atoms with Gasteiger partial charge in [0.2, 0.25) is 0 Å². The van der Waals surface area contributed by atoms with Gasteiger partial charge in [-0.1, -0.05) is 6.92 Å². The Labute approximate surface area is 127 Å². The normalized spacial score (nSPS) is 25.0. The number of nitrogens with zero attached hydrogens (tertiary/aromatic N) is 3. The van der Waals surface area contributed by atoms with Crippen LogP contribution in [-0.2, 0) is 4.79 Å². The third kappa shape index (κ3) is 2.54. The molecule has 0 aliphatic heterocycles. The van der Waals surface area contributed by atoms with Crippen LogP contribution in [0, 0.1) is 5.92 Å². The monoisotopic (exact) mass is 302 g/mol. The van der Waals surface area contributed by atoms with E-state index in [0.717, 1.165) is 12.8 Å². The molecule has 2 N–H and O–H groups in total. The first-order chi connectivity index (χ1) is 10.5. The van der Waals surface area contributed by atoms with Crippen molar-refractivity contribution in [2.75, 3.05) is 0 Å². The van der Waals surface area contributed by atoms with Gasteiger partial charge in [-0.25, -0.2) is 4.79 Å². The van der Waals surface area contributed by atoms with Gasteiger partial charge in [-0.05, 0) is 43.7 Å². The number of fused-ring (bicyclic) bond motifs is 1. The minimum atomic E-state index is -1.16. The fraction of sp³-hybridized carbons (Fsp3) is 0.467. The van der Waals surface area contributed by atoms with E-state index in [1.807, 2.05) is 0 Å². The molecule has 1 saturated carbocycles. The fourth-order valence-electron chi connectivity index (χ4n) is 2.90. The lowest BCUT2D eigenvalue weighted by molar-refractivity contribution is -0.146. The molecule has 0 radical (unpaired) electrons. The van der Waals surface area contributed by atoms with E-state index in [0.29, 0.717) is 30.0 Å². The SMILES string of the molecule is CC1CCC(NC(=O)c2ccc3nncn3c2)(C(=O)O)CC1. The van der Waals surface area contributed by atoms with Crippen LogP contribution >= 0.6 is 0 Å². The van der Waals surface area contributed by atoms with E-state index in [2.05, 4.69) is 22.4 Å². The van der Waals surface area contributed by atoms with Crippen molar-refractivity contribution in [1.82, 2.24) is 19.9 Å². The van der Waals surface area contributed by atoms with Crippen LogP contribution in [0.5, 0.6) is 0 Å². The number of hydrogen-bond donors (Lipinski definition) is 2. The minimum Gasteiger partial charge on any atom is -0.480 e. The van der Waals surface area contributed by atoms with Crippen molar-refractivity contribution in [2.45, 2.75) is 38.1 Å². The number of carboxylic acid groups (broad SMARTS) is 1. The summed E-state index contributed by atoms with van der Waals surface area (Å²) in [6, 6.07) is 3.30. The molecule has 1 aliphatic carbocycles. The van der Waals surface area contributed by atoms with E-state index < -0.39 is 11.5 Å². The van der Waals surface area contributed by atoms with Crippen LogP contribution in [0.25, 0.3) is 5.65 Å². The molecule has 7 heteroatoms. The Morgan fingerprint density at radius 2 is 2.09 bits per heavy atom. The number of carbonyl (C=O) groups excluding carboxylic acids is 1. The largest absolute Gasteiger partial charge is 0.480 e. The second-order valence-corrected chi connectivity index (χ2v) is 6.04. The number of aliphatic carboxylic acids is 1. The summed E-state index contributed by atoms with van der Waals surface area (Å²) in [4.78, 5) is 24.1. The number of nitrogens with one attached hydrogen (secondary N) is 1.